The Kier molecular flexibility index (Phi) is 5.98. The van der Waals surface area contributed by atoms with Crippen molar-refractivity contribution < 1.29 is 14.3 Å². The third kappa shape index (κ3) is 4.43. The average Bonchev–Trinajstić information content (AvgIpc) is 3.02. The van der Waals surface area contributed by atoms with E-state index in [0.29, 0.717) is 35.7 Å². The number of anilines is 1. The summed E-state index contributed by atoms with van der Waals surface area (Å²) in [6.07, 6.45) is 4.95. The number of nitrogens with zero attached hydrogens (tertiary/aromatic N) is 2. The summed E-state index contributed by atoms with van der Waals surface area (Å²) in [5.74, 6) is 0.0532. The minimum atomic E-state index is -0.310. The van der Waals surface area contributed by atoms with E-state index < -0.39 is 0 Å². The summed E-state index contributed by atoms with van der Waals surface area (Å²) in [6.45, 7) is 3.20. The summed E-state index contributed by atoms with van der Waals surface area (Å²) in [4.78, 5) is 31.9. The first kappa shape index (κ1) is 20.6. The molecule has 2 amide bonds. The number of nitrogens with one attached hydrogen (secondary N) is 1. The molecule has 0 radical (unpaired) electrons. The molecule has 1 aromatic heterocycles. The van der Waals surface area contributed by atoms with Gasteiger partial charge in [0.25, 0.3) is 11.8 Å². The van der Waals surface area contributed by atoms with Crippen LogP contribution in [0.1, 0.15) is 43.8 Å². The van der Waals surface area contributed by atoms with Gasteiger partial charge in [-0.15, -0.1) is 0 Å². The van der Waals surface area contributed by atoms with Crippen molar-refractivity contribution in [1.29, 1.82) is 0 Å². The molecule has 3 aromatic rings. The molecular formula is C25H25N3O3. The maximum atomic E-state index is 13.3. The fourth-order valence-corrected chi connectivity index (χ4v) is 3.87. The Morgan fingerprint density at radius 1 is 1.10 bits per heavy atom. The molecule has 0 atom stereocenters. The van der Waals surface area contributed by atoms with Crippen molar-refractivity contribution in [2.45, 2.75) is 26.3 Å². The van der Waals surface area contributed by atoms with Crippen molar-refractivity contribution in [1.82, 2.24) is 9.88 Å². The van der Waals surface area contributed by atoms with E-state index in [2.05, 4.69) is 22.4 Å². The third-order valence-electron chi connectivity index (χ3n) is 5.62. The van der Waals surface area contributed by atoms with Gasteiger partial charge in [-0.1, -0.05) is 30.3 Å². The molecule has 6 heteroatoms. The van der Waals surface area contributed by atoms with Crippen LogP contribution in [0.5, 0.6) is 5.75 Å². The molecule has 1 aliphatic heterocycles. The highest BCUT2D eigenvalue weighted by Crippen LogP contribution is 2.24. The number of hydrogen-bond acceptors (Lipinski definition) is 4. The monoisotopic (exact) mass is 415 g/mol. The lowest BCUT2D eigenvalue weighted by molar-refractivity contribution is 0.0745. The zero-order valence-electron chi connectivity index (χ0n) is 17.7. The number of aromatic nitrogens is 1. The highest BCUT2D eigenvalue weighted by Gasteiger charge is 2.21. The number of rotatable bonds is 4. The van der Waals surface area contributed by atoms with Crippen molar-refractivity contribution in [3.05, 3.63) is 88.7 Å². The van der Waals surface area contributed by atoms with Crippen LogP contribution in [-0.4, -0.2) is 35.4 Å². The molecule has 0 spiro atoms. The molecule has 6 nitrogen and oxygen atoms in total. The SMILES string of the molecule is COc1cnccc1C(=O)Nc1cc(C(=O)N2CCCc3ccccc3C2)ccc1C. The summed E-state index contributed by atoms with van der Waals surface area (Å²) in [5.41, 5.74) is 4.92. The van der Waals surface area contributed by atoms with Gasteiger partial charge in [0.2, 0.25) is 0 Å². The Morgan fingerprint density at radius 2 is 1.90 bits per heavy atom. The van der Waals surface area contributed by atoms with Crippen molar-refractivity contribution in [3.63, 3.8) is 0 Å². The van der Waals surface area contributed by atoms with E-state index in [1.165, 1.54) is 24.4 Å². The van der Waals surface area contributed by atoms with Crippen LogP contribution in [0.4, 0.5) is 5.69 Å². The van der Waals surface area contributed by atoms with Crippen molar-refractivity contribution in [3.8, 4) is 5.75 Å². The van der Waals surface area contributed by atoms with Crippen molar-refractivity contribution in [2.24, 2.45) is 0 Å². The van der Waals surface area contributed by atoms with E-state index in [4.69, 9.17) is 4.74 Å². The van der Waals surface area contributed by atoms with Gasteiger partial charge in [-0.3, -0.25) is 14.6 Å². The minimum Gasteiger partial charge on any atom is -0.494 e. The second-order valence-corrected chi connectivity index (χ2v) is 7.66. The number of pyridine rings is 1. The summed E-state index contributed by atoms with van der Waals surface area (Å²) in [7, 11) is 1.50. The normalized spacial score (nSPS) is 13.2. The Hall–Kier alpha value is -3.67. The van der Waals surface area contributed by atoms with Gasteiger partial charge in [0.15, 0.2) is 0 Å². The number of methoxy groups -OCH3 is 1. The van der Waals surface area contributed by atoms with Gasteiger partial charge in [-0.25, -0.2) is 0 Å². The number of aryl methyl sites for hydroxylation is 2. The molecular weight excluding hydrogens is 390 g/mol. The van der Waals surface area contributed by atoms with Crippen molar-refractivity contribution >= 4 is 17.5 Å². The number of carbonyl (C=O) groups excluding carboxylic acids is 2. The predicted octanol–water partition coefficient (Wildman–Crippen LogP) is 4.24. The predicted molar refractivity (Wildman–Crippen MR) is 119 cm³/mol. The maximum absolute atomic E-state index is 13.3. The molecule has 1 aliphatic rings. The molecule has 0 fully saturated rings. The first-order valence-electron chi connectivity index (χ1n) is 10.3. The highest BCUT2D eigenvalue weighted by molar-refractivity contribution is 6.07. The van der Waals surface area contributed by atoms with Gasteiger partial charge < -0.3 is 15.0 Å². The second kappa shape index (κ2) is 9.00. The van der Waals surface area contributed by atoms with E-state index in [0.717, 1.165) is 18.4 Å². The first-order valence-corrected chi connectivity index (χ1v) is 10.3. The zero-order chi connectivity index (χ0) is 21.8. The number of fused-ring (bicyclic) bond motifs is 1. The first-order chi connectivity index (χ1) is 15.1. The molecule has 2 heterocycles. The number of benzene rings is 2. The molecule has 31 heavy (non-hydrogen) atoms. The molecule has 0 unspecified atom stereocenters. The third-order valence-corrected chi connectivity index (χ3v) is 5.62. The van der Waals surface area contributed by atoms with E-state index >= 15 is 0 Å². The van der Waals surface area contributed by atoms with Crippen molar-refractivity contribution in [2.75, 3.05) is 19.0 Å². The number of carbonyl (C=O) groups is 2. The van der Waals surface area contributed by atoms with Crippen LogP contribution in [0.15, 0.2) is 60.9 Å². The molecule has 0 aliphatic carbocycles. The lowest BCUT2D eigenvalue weighted by Gasteiger charge is -2.22. The number of hydrogen-bond donors (Lipinski definition) is 1. The molecule has 1 N–H and O–H groups in total. The Balaban J connectivity index is 1.56. The smallest absolute Gasteiger partial charge is 0.259 e. The van der Waals surface area contributed by atoms with Crippen LogP contribution in [0.25, 0.3) is 0 Å². The van der Waals surface area contributed by atoms with E-state index in [1.807, 2.05) is 36.1 Å². The van der Waals surface area contributed by atoms with Gasteiger partial charge in [-0.2, -0.15) is 0 Å². The lowest BCUT2D eigenvalue weighted by atomic mass is 10.0. The standard InChI is InChI=1S/C25H25N3O3/c1-17-9-10-19(14-22(17)27-24(29)21-11-12-26-15-23(21)31-2)25(30)28-13-5-8-18-6-3-4-7-20(18)16-28/h3-4,6-7,9-12,14-15H,5,8,13,16H2,1-2H3,(H,27,29). The van der Waals surface area contributed by atoms with Crippen LogP contribution >= 0.6 is 0 Å². The highest BCUT2D eigenvalue weighted by atomic mass is 16.5. The van der Waals surface area contributed by atoms with Gasteiger partial charge in [0, 0.05) is 30.5 Å². The van der Waals surface area contributed by atoms with Gasteiger partial charge in [0.05, 0.1) is 18.9 Å². The van der Waals surface area contributed by atoms with E-state index in [-0.39, 0.29) is 11.8 Å². The largest absolute Gasteiger partial charge is 0.494 e. The molecule has 0 bridgehead atoms. The molecule has 4 rings (SSSR count). The second-order valence-electron chi connectivity index (χ2n) is 7.66. The number of amides is 2. The number of ether oxygens (including phenoxy) is 1. The van der Waals surface area contributed by atoms with Crippen LogP contribution < -0.4 is 10.1 Å². The zero-order valence-corrected chi connectivity index (χ0v) is 17.7. The summed E-state index contributed by atoms with van der Waals surface area (Å²) < 4.78 is 5.23. The van der Waals surface area contributed by atoms with E-state index in [9.17, 15) is 9.59 Å². The van der Waals surface area contributed by atoms with Gasteiger partial charge >= 0.3 is 0 Å². The van der Waals surface area contributed by atoms with Crippen LogP contribution in [0, 0.1) is 6.92 Å². The van der Waals surface area contributed by atoms with E-state index in [1.54, 1.807) is 18.3 Å². The fourth-order valence-electron chi connectivity index (χ4n) is 3.87. The lowest BCUT2D eigenvalue weighted by Crippen LogP contribution is -2.30. The Morgan fingerprint density at radius 3 is 2.71 bits per heavy atom. The quantitative estimate of drug-likeness (QED) is 0.692. The van der Waals surface area contributed by atoms with Gasteiger partial charge in [0.1, 0.15) is 5.75 Å². The molecule has 0 saturated carbocycles. The molecule has 158 valence electrons. The van der Waals surface area contributed by atoms with Gasteiger partial charge in [-0.05, 0) is 54.7 Å². The Bertz CT molecular complexity index is 1130. The minimum absolute atomic E-state index is 0.0336. The van der Waals surface area contributed by atoms with Crippen LogP contribution in [-0.2, 0) is 13.0 Å². The maximum Gasteiger partial charge on any atom is 0.259 e. The molecule has 0 saturated heterocycles. The van der Waals surface area contributed by atoms with Crippen LogP contribution in [0.3, 0.4) is 0 Å². The molecule has 2 aromatic carbocycles. The average molecular weight is 415 g/mol. The summed E-state index contributed by atoms with van der Waals surface area (Å²) in [5, 5.41) is 2.91. The topological polar surface area (TPSA) is 71.5 Å². The van der Waals surface area contributed by atoms with Crippen LogP contribution in [0.2, 0.25) is 0 Å². The Labute approximate surface area is 181 Å². The summed E-state index contributed by atoms with van der Waals surface area (Å²) >= 11 is 0. The fraction of sp³-hybridized carbons (Fsp3) is 0.240. The summed E-state index contributed by atoms with van der Waals surface area (Å²) in [6, 6.07) is 15.3.